The van der Waals surface area contributed by atoms with E-state index in [0.717, 1.165) is 10.8 Å². The number of furan rings is 1. The summed E-state index contributed by atoms with van der Waals surface area (Å²) in [5, 5.41) is 14.8. The van der Waals surface area contributed by atoms with E-state index in [1.807, 2.05) is 49.4 Å². The number of aromatic nitrogens is 2. The molecule has 2 N–H and O–H groups in total. The van der Waals surface area contributed by atoms with Crippen molar-refractivity contribution in [1.82, 2.24) is 15.5 Å². The van der Waals surface area contributed by atoms with Crippen molar-refractivity contribution in [3.8, 4) is 0 Å². The molecule has 0 spiro atoms. The zero-order valence-electron chi connectivity index (χ0n) is 15.6. The molecule has 2 amide bonds. The normalized spacial score (nSPS) is 11.8. The lowest BCUT2D eigenvalue weighted by molar-refractivity contribution is -0.121. The number of rotatable bonds is 9. The monoisotopic (exact) mass is 398 g/mol. The number of para-hydroxylation sites is 1. The average molecular weight is 398 g/mol. The van der Waals surface area contributed by atoms with Gasteiger partial charge in [0.15, 0.2) is 0 Å². The van der Waals surface area contributed by atoms with Crippen LogP contribution in [0.25, 0.3) is 0 Å². The van der Waals surface area contributed by atoms with Crippen molar-refractivity contribution in [2.24, 2.45) is 0 Å². The Bertz CT molecular complexity index is 893. The maximum Gasteiger partial charge on any atom is 0.286 e. The molecule has 28 heavy (non-hydrogen) atoms. The Morgan fingerprint density at radius 3 is 2.71 bits per heavy atom. The molecule has 0 saturated carbocycles. The number of benzene rings is 1. The van der Waals surface area contributed by atoms with Gasteiger partial charge in [0.2, 0.25) is 10.9 Å². The summed E-state index contributed by atoms with van der Waals surface area (Å²) in [6.45, 7) is 1.95. The van der Waals surface area contributed by atoms with Gasteiger partial charge in [-0.25, -0.2) is 0 Å². The van der Waals surface area contributed by atoms with Crippen LogP contribution >= 0.6 is 11.3 Å². The first-order valence-electron chi connectivity index (χ1n) is 9.10. The van der Waals surface area contributed by atoms with Gasteiger partial charge >= 0.3 is 0 Å². The minimum atomic E-state index is -0.278. The van der Waals surface area contributed by atoms with Crippen LogP contribution in [-0.2, 0) is 17.6 Å². The Kier molecular flexibility index (Phi) is 6.91. The largest absolute Gasteiger partial charge is 0.469 e. The molecule has 3 rings (SSSR count). The molecule has 2 heterocycles. The summed E-state index contributed by atoms with van der Waals surface area (Å²) in [7, 11) is 0. The van der Waals surface area contributed by atoms with Gasteiger partial charge in [0, 0.05) is 31.0 Å². The van der Waals surface area contributed by atoms with Crippen LogP contribution in [0, 0.1) is 0 Å². The van der Waals surface area contributed by atoms with E-state index in [-0.39, 0.29) is 17.9 Å². The quantitative estimate of drug-likeness (QED) is 0.575. The predicted octanol–water partition coefficient (Wildman–Crippen LogP) is 3.45. The second-order valence-electron chi connectivity index (χ2n) is 6.43. The van der Waals surface area contributed by atoms with Crippen molar-refractivity contribution < 1.29 is 14.0 Å². The van der Waals surface area contributed by atoms with Crippen LogP contribution in [0.4, 0.5) is 5.69 Å². The lowest BCUT2D eigenvalue weighted by atomic mass is 10.1. The molecule has 146 valence electrons. The van der Waals surface area contributed by atoms with Gasteiger partial charge < -0.3 is 15.1 Å². The van der Waals surface area contributed by atoms with Crippen molar-refractivity contribution in [2.75, 3.05) is 5.32 Å². The molecule has 1 atom stereocenters. The molecule has 2 aromatic heterocycles. The first-order chi connectivity index (χ1) is 13.6. The van der Waals surface area contributed by atoms with E-state index in [1.165, 1.54) is 11.3 Å². The Balaban J connectivity index is 1.39. The summed E-state index contributed by atoms with van der Waals surface area (Å²) in [4.78, 5) is 24.2. The molecule has 0 aliphatic rings. The van der Waals surface area contributed by atoms with Gasteiger partial charge in [-0.05, 0) is 37.6 Å². The molecule has 3 aromatic rings. The number of carbonyl (C=O) groups is 2. The van der Waals surface area contributed by atoms with Crippen molar-refractivity contribution >= 4 is 28.8 Å². The zero-order valence-corrected chi connectivity index (χ0v) is 16.4. The van der Waals surface area contributed by atoms with Crippen LogP contribution in [-0.4, -0.2) is 28.1 Å². The molecule has 7 nitrogen and oxygen atoms in total. The minimum absolute atomic E-state index is 0.00784. The highest BCUT2D eigenvalue weighted by molar-refractivity contribution is 7.13. The molecule has 0 unspecified atom stereocenters. The topological polar surface area (TPSA) is 97.1 Å². The fourth-order valence-corrected chi connectivity index (χ4v) is 3.46. The van der Waals surface area contributed by atoms with Crippen molar-refractivity contribution in [3.05, 3.63) is 64.5 Å². The molecule has 0 bridgehead atoms. The smallest absolute Gasteiger partial charge is 0.286 e. The van der Waals surface area contributed by atoms with Gasteiger partial charge in [-0.3, -0.25) is 9.59 Å². The van der Waals surface area contributed by atoms with Crippen LogP contribution in [0.15, 0.2) is 53.1 Å². The van der Waals surface area contributed by atoms with Crippen molar-refractivity contribution in [2.45, 2.75) is 38.6 Å². The standard InChI is InChI=1S/C20H22N4O3S/c1-14(13-16-9-6-12-27-16)21-17(25)10-5-11-18-23-24-20(28-18)19(26)22-15-7-3-2-4-8-15/h2-4,6-9,12,14H,5,10-11,13H2,1H3,(H,21,25)(H,22,26)/t14-/m0/s1. The molecule has 1 aromatic carbocycles. The Hall–Kier alpha value is -3.00. The highest BCUT2D eigenvalue weighted by Crippen LogP contribution is 2.15. The van der Waals surface area contributed by atoms with Gasteiger partial charge in [0.1, 0.15) is 10.8 Å². The number of nitrogens with zero attached hydrogens (tertiary/aromatic N) is 2. The number of amides is 2. The SMILES string of the molecule is C[C@@H](Cc1ccco1)NC(=O)CCCc1nnc(C(=O)Nc2ccccc2)s1. The fourth-order valence-electron chi connectivity index (χ4n) is 2.68. The van der Waals surface area contributed by atoms with Crippen LogP contribution in [0.2, 0.25) is 0 Å². The van der Waals surface area contributed by atoms with E-state index in [0.29, 0.717) is 36.4 Å². The summed E-state index contributed by atoms with van der Waals surface area (Å²) in [6.07, 6.45) is 3.94. The molecule has 0 fully saturated rings. The number of nitrogens with one attached hydrogen (secondary N) is 2. The first-order valence-corrected chi connectivity index (χ1v) is 9.92. The first kappa shape index (κ1) is 19.8. The van der Waals surface area contributed by atoms with Crippen molar-refractivity contribution in [3.63, 3.8) is 0 Å². The van der Waals surface area contributed by atoms with Gasteiger partial charge in [0.05, 0.1) is 6.26 Å². The number of carbonyl (C=O) groups excluding carboxylic acids is 2. The van der Waals surface area contributed by atoms with Crippen LogP contribution < -0.4 is 10.6 Å². The van der Waals surface area contributed by atoms with E-state index in [9.17, 15) is 9.59 Å². The second kappa shape index (κ2) is 9.80. The van der Waals surface area contributed by atoms with Gasteiger partial charge in [0.25, 0.3) is 5.91 Å². The summed E-state index contributed by atoms with van der Waals surface area (Å²) in [5.41, 5.74) is 0.713. The number of anilines is 1. The molecular formula is C20H22N4O3S. The highest BCUT2D eigenvalue weighted by Gasteiger charge is 2.14. The maximum atomic E-state index is 12.2. The number of hydrogen-bond acceptors (Lipinski definition) is 6. The summed E-state index contributed by atoms with van der Waals surface area (Å²) in [5.74, 6) is 0.563. The van der Waals surface area contributed by atoms with Crippen LogP contribution in [0.3, 0.4) is 0 Å². The Morgan fingerprint density at radius 1 is 1.14 bits per heavy atom. The van der Waals surface area contributed by atoms with Crippen molar-refractivity contribution in [1.29, 1.82) is 0 Å². The van der Waals surface area contributed by atoms with Gasteiger partial charge in [-0.1, -0.05) is 29.5 Å². The second-order valence-corrected chi connectivity index (χ2v) is 7.49. The summed E-state index contributed by atoms with van der Waals surface area (Å²) in [6, 6.07) is 12.9. The van der Waals surface area contributed by atoms with E-state index in [1.54, 1.807) is 6.26 Å². The summed E-state index contributed by atoms with van der Waals surface area (Å²) >= 11 is 1.25. The summed E-state index contributed by atoms with van der Waals surface area (Å²) < 4.78 is 5.29. The zero-order chi connectivity index (χ0) is 19.8. The number of hydrogen-bond donors (Lipinski definition) is 2. The van der Waals surface area contributed by atoms with E-state index >= 15 is 0 Å². The van der Waals surface area contributed by atoms with E-state index in [4.69, 9.17) is 4.42 Å². The molecule has 0 saturated heterocycles. The van der Waals surface area contributed by atoms with E-state index < -0.39 is 0 Å². The van der Waals surface area contributed by atoms with Crippen LogP contribution in [0.5, 0.6) is 0 Å². The molecule has 0 radical (unpaired) electrons. The Labute approximate surface area is 167 Å². The average Bonchev–Trinajstić information content (AvgIpc) is 3.34. The predicted molar refractivity (Wildman–Crippen MR) is 107 cm³/mol. The van der Waals surface area contributed by atoms with E-state index in [2.05, 4.69) is 20.8 Å². The molecule has 0 aliphatic carbocycles. The highest BCUT2D eigenvalue weighted by atomic mass is 32.1. The Morgan fingerprint density at radius 2 is 1.96 bits per heavy atom. The third-order valence-corrected chi connectivity index (χ3v) is 4.96. The molecule has 8 heteroatoms. The fraction of sp³-hybridized carbons (Fsp3) is 0.300. The lowest BCUT2D eigenvalue weighted by Gasteiger charge is -2.12. The maximum absolute atomic E-state index is 12.2. The van der Waals surface area contributed by atoms with Gasteiger partial charge in [-0.2, -0.15) is 0 Å². The minimum Gasteiger partial charge on any atom is -0.469 e. The van der Waals surface area contributed by atoms with Gasteiger partial charge in [-0.15, -0.1) is 10.2 Å². The molecule has 0 aliphatic heterocycles. The third-order valence-electron chi connectivity index (χ3n) is 3.98. The van der Waals surface area contributed by atoms with Crippen LogP contribution in [0.1, 0.15) is 40.3 Å². The number of aryl methyl sites for hydroxylation is 1. The lowest BCUT2D eigenvalue weighted by Crippen LogP contribution is -2.33. The third kappa shape index (κ3) is 6.02. The molecular weight excluding hydrogens is 376 g/mol.